The van der Waals surface area contributed by atoms with E-state index in [1.807, 2.05) is 18.2 Å². The molecule has 0 saturated carbocycles. The average molecular weight is 386 g/mol. The first kappa shape index (κ1) is 19.1. The third kappa shape index (κ3) is 4.36. The van der Waals surface area contributed by atoms with Crippen molar-refractivity contribution in [3.8, 4) is 10.4 Å². The number of amides is 3. The zero-order valence-corrected chi connectivity index (χ0v) is 16.3. The highest BCUT2D eigenvalue weighted by atomic mass is 32.1. The Balaban J connectivity index is 1.67. The molecule has 0 radical (unpaired) electrons. The summed E-state index contributed by atoms with van der Waals surface area (Å²) < 4.78 is 5.25. The Labute approximate surface area is 161 Å². The molecule has 0 bridgehead atoms. The first-order valence-corrected chi connectivity index (χ1v) is 9.70. The number of urea groups is 1. The fourth-order valence-electron chi connectivity index (χ4n) is 2.96. The van der Waals surface area contributed by atoms with Gasteiger partial charge in [-0.1, -0.05) is 24.3 Å². The number of hydrogen-bond donors (Lipinski definition) is 2. The van der Waals surface area contributed by atoms with Crippen molar-refractivity contribution in [3.05, 3.63) is 46.3 Å². The average Bonchev–Trinajstić information content (AvgIpc) is 3.05. The van der Waals surface area contributed by atoms with Crippen LogP contribution >= 0.6 is 11.3 Å². The summed E-state index contributed by atoms with van der Waals surface area (Å²) in [5.41, 5.74) is 3.55. The molecule has 0 fully saturated rings. The highest BCUT2D eigenvalue weighted by Gasteiger charge is 2.25. The number of esters is 1. The molecule has 0 saturated heterocycles. The number of imide groups is 1. The Kier molecular flexibility index (Phi) is 5.60. The van der Waals surface area contributed by atoms with E-state index in [9.17, 15) is 14.4 Å². The fraction of sp³-hybridized carbons (Fsp3) is 0.350. The number of thiophene rings is 1. The van der Waals surface area contributed by atoms with Crippen LogP contribution < -0.4 is 10.6 Å². The molecule has 1 aliphatic rings. The minimum atomic E-state index is -1.07. The van der Waals surface area contributed by atoms with Crippen molar-refractivity contribution in [2.45, 2.75) is 45.8 Å². The van der Waals surface area contributed by atoms with Crippen molar-refractivity contribution >= 4 is 29.2 Å². The van der Waals surface area contributed by atoms with E-state index >= 15 is 0 Å². The Hall–Kier alpha value is -2.67. The molecule has 3 rings (SSSR count). The van der Waals surface area contributed by atoms with Gasteiger partial charge < -0.3 is 10.1 Å². The van der Waals surface area contributed by atoms with Gasteiger partial charge in [0.05, 0.1) is 0 Å². The van der Waals surface area contributed by atoms with Crippen LogP contribution in [0.2, 0.25) is 0 Å². The zero-order valence-electron chi connectivity index (χ0n) is 15.5. The van der Waals surface area contributed by atoms with E-state index in [-0.39, 0.29) is 6.04 Å². The maximum absolute atomic E-state index is 12.5. The minimum absolute atomic E-state index is 0.101. The molecular formula is C20H22N2O4S. The van der Waals surface area contributed by atoms with Crippen LogP contribution in [0.4, 0.5) is 4.79 Å². The van der Waals surface area contributed by atoms with Gasteiger partial charge in [-0.15, -0.1) is 11.3 Å². The molecule has 142 valence electrons. The molecule has 2 aromatic rings. The van der Waals surface area contributed by atoms with Crippen LogP contribution in [0, 0.1) is 0 Å². The van der Waals surface area contributed by atoms with Crippen LogP contribution in [0.3, 0.4) is 0 Å². The van der Waals surface area contributed by atoms with Gasteiger partial charge in [-0.05, 0) is 56.4 Å². The summed E-state index contributed by atoms with van der Waals surface area (Å²) in [5, 5.41) is 4.71. The molecule has 6 nitrogen and oxygen atoms in total. The van der Waals surface area contributed by atoms with Crippen LogP contribution in [0.15, 0.2) is 30.3 Å². The van der Waals surface area contributed by atoms with Crippen molar-refractivity contribution in [3.63, 3.8) is 0 Å². The molecule has 3 amide bonds. The van der Waals surface area contributed by atoms with Crippen molar-refractivity contribution in [1.82, 2.24) is 10.6 Å². The van der Waals surface area contributed by atoms with Gasteiger partial charge in [-0.25, -0.2) is 9.59 Å². The van der Waals surface area contributed by atoms with Gasteiger partial charge in [0.1, 0.15) is 4.88 Å². The predicted molar refractivity (Wildman–Crippen MR) is 104 cm³/mol. The maximum atomic E-state index is 12.5. The van der Waals surface area contributed by atoms with E-state index in [0.717, 1.165) is 28.8 Å². The Morgan fingerprint density at radius 2 is 1.78 bits per heavy atom. The molecule has 0 spiro atoms. The lowest BCUT2D eigenvalue weighted by Crippen LogP contribution is -2.46. The fourth-order valence-corrected chi connectivity index (χ4v) is 4.11. The standard InChI is InChI=1S/C20H22N2O4S/c1-11(2)21-20(25)22-18(23)12(3)26-19(24)16-10-14-9-8-13-6-4-5-7-15(13)17(14)27-16/h4-7,10-12H,8-9H2,1-3H3,(H2,21,22,23,25)/t12-/m0/s1. The van der Waals surface area contributed by atoms with Crippen LogP contribution in [-0.2, 0) is 22.4 Å². The van der Waals surface area contributed by atoms with Gasteiger partial charge in [0.25, 0.3) is 5.91 Å². The van der Waals surface area contributed by atoms with Crippen LogP contribution in [0.5, 0.6) is 0 Å². The summed E-state index contributed by atoms with van der Waals surface area (Å²) in [6.45, 7) is 5.01. The molecule has 7 heteroatoms. The third-order valence-electron chi connectivity index (χ3n) is 4.25. The van der Waals surface area contributed by atoms with E-state index < -0.39 is 24.0 Å². The number of rotatable bonds is 4. The minimum Gasteiger partial charge on any atom is -0.448 e. The molecule has 1 aromatic carbocycles. The van der Waals surface area contributed by atoms with Crippen molar-refractivity contribution in [2.75, 3.05) is 0 Å². The van der Waals surface area contributed by atoms with Crippen molar-refractivity contribution in [2.24, 2.45) is 0 Å². The summed E-state index contributed by atoms with van der Waals surface area (Å²) in [5.74, 6) is -1.22. The second kappa shape index (κ2) is 7.92. The topological polar surface area (TPSA) is 84.5 Å². The number of benzene rings is 1. The summed E-state index contributed by atoms with van der Waals surface area (Å²) in [6, 6.07) is 9.29. The van der Waals surface area contributed by atoms with Gasteiger partial charge >= 0.3 is 12.0 Å². The Morgan fingerprint density at radius 1 is 1.07 bits per heavy atom. The second-order valence-corrected chi connectivity index (χ2v) is 7.84. The van der Waals surface area contributed by atoms with Crippen LogP contribution in [0.1, 0.15) is 41.6 Å². The highest BCUT2D eigenvalue weighted by molar-refractivity contribution is 7.17. The van der Waals surface area contributed by atoms with E-state index in [1.165, 1.54) is 23.8 Å². The Morgan fingerprint density at radius 3 is 2.52 bits per heavy atom. The smallest absolute Gasteiger partial charge is 0.349 e. The number of fused-ring (bicyclic) bond motifs is 3. The summed E-state index contributed by atoms with van der Waals surface area (Å²) in [7, 11) is 0. The van der Waals surface area contributed by atoms with Gasteiger partial charge in [-0.2, -0.15) is 0 Å². The zero-order chi connectivity index (χ0) is 19.6. The van der Waals surface area contributed by atoms with E-state index in [4.69, 9.17) is 4.74 Å². The van der Waals surface area contributed by atoms with Gasteiger partial charge in [-0.3, -0.25) is 10.1 Å². The van der Waals surface area contributed by atoms with E-state index in [2.05, 4.69) is 22.8 Å². The van der Waals surface area contributed by atoms with E-state index in [0.29, 0.717) is 4.88 Å². The SMILES string of the molecule is CC(C)NC(=O)NC(=O)[C@H](C)OC(=O)c1cc2c(s1)-c1ccccc1CC2. The first-order chi connectivity index (χ1) is 12.8. The lowest BCUT2D eigenvalue weighted by molar-refractivity contribution is -0.127. The molecule has 0 unspecified atom stereocenters. The number of hydrogen-bond acceptors (Lipinski definition) is 5. The maximum Gasteiger partial charge on any atom is 0.349 e. The monoisotopic (exact) mass is 386 g/mol. The predicted octanol–water partition coefficient (Wildman–Crippen LogP) is 3.29. The van der Waals surface area contributed by atoms with Crippen molar-refractivity contribution in [1.29, 1.82) is 0 Å². The quantitative estimate of drug-likeness (QED) is 0.790. The van der Waals surface area contributed by atoms with Crippen LogP contribution in [0.25, 0.3) is 10.4 Å². The molecule has 1 aliphatic carbocycles. The lowest BCUT2D eigenvalue weighted by atomic mass is 9.91. The second-order valence-electron chi connectivity index (χ2n) is 6.79. The molecule has 27 heavy (non-hydrogen) atoms. The molecule has 2 N–H and O–H groups in total. The number of carbonyl (C=O) groups is 3. The molecular weight excluding hydrogens is 364 g/mol. The molecule has 0 aliphatic heterocycles. The number of ether oxygens (including phenoxy) is 1. The van der Waals surface area contributed by atoms with Crippen LogP contribution in [-0.4, -0.2) is 30.1 Å². The van der Waals surface area contributed by atoms with Gasteiger partial charge in [0, 0.05) is 10.9 Å². The number of carbonyl (C=O) groups excluding carboxylic acids is 3. The summed E-state index contributed by atoms with van der Waals surface area (Å²) in [4.78, 5) is 37.6. The normalized spacial score (nSPS) is 13.3. The molecule has 1 atom stereocenters. The number of aryl methyl sites for hydroxylation is 2. The third-order valence-corrected chi connectivity index (χ3v) is 5.44. The molecule has 1 heterocycles. The highest BCUT2D eigenvalue weighted by Crippen LogP contribution is 2.39. The summed E-state index contributed by atoms with van der Waals surface area (Å²) in [6.07, 6.45) is 0.751. The Bertz CT molecular complexity index is 888. The van der Waals surface area contributed by atoms with Crippen molar-refractivity contribution < 1.29 is 19.1 Å². The molecule has 1 aromatic heterocycles. The lowest BCUT2D eigenvalue weighted by Gasteiger charge is -2.15. The van der Waals surface area contributed by atoms with Gasteiger partial charge in [0.15, 0.2) is 6.10 Å². The number of nitrogens with one attached hydrogen (secondary N) is 2. The largest absolute Gasteiger partial charge is 0.448 e. The summed E-state index contributed by atoms with van der Waals surface area (Å²) >= 11 is 1.38. The van der Waals surface area contributed by atoms with E-state index in [1.54, 1.807) is 13.8 Å². The first-order valence-electron chi connectivity index (χ1n) is 8.88. The van der Waals surface area contributed by atoms with Gasteiger partial charge in [0.2, 0.25) is 0 Å².